The molecule has 2 saturated heterocycles. The first-order chi connectivity index (χ1) is 26.1. The summed E-state index contributed by atoms with van der Waals surface area (Å²) in [7, 11) is 0. The highest BCUT2D eigenvalue weighted by molar-refractivity contribution is 6.33. The van der Waals surface area contributed by atoms with E-state index in [2.05, 4.69) is 10.4 Å². The summed E-state index contributed by atoms with van der Waals surface area (Å²) in [6, 6.07) is 19.3. The highest BCUT2D eigenvalue weighted by atomic mass is 35.5. The van der Waals surface area contributed by atoms with Gasteiger partial charge in [-0.15, -0.1) is 0 Å². The predicted octanol–water partition coefficient (Wildman–Crippen LogP) is 7.50. The van der Waals surface area contributed by atoms with E-state index in [0.717, 1.165) is 4.90 Å². The summed E-state index contributed by atoms with van der Waals surface area (Å²) < 4.78 is 40.4. The Bertz CT molecular complexity index is 2330. The normalized spacial score (nSPS) is 26.1. The molecule has 10 nitrogen and oxygen atoms in total. The van der Waals surface area contributed by atoms with Crippen LogP contribution in [0.5, 0.6) is 5.75 Å². The number of carbonyl (C=O) groups is 5. The van der Waals surface area contributed by atoms with Gasteiger partial charge in [-0.25, -0.2) is 4.98 Å². The number of imide groups is 2. The van der Waals surface area contributed by atoms with Gasteiger partial charge in [-0.05, 0) is 91.4 Å². The maximum absolute atomic E-state index is 15.2. The third-order valence-corrected chi connectivity index (χ3v) is 11.9. The Balaban J connectivity index is 1.28. The molecule has 4 amide bonds. The number of benzene rings is 3. The fourth-order valence-electron chi connectivity index (χ4n) is 8.92. The van der Waals surface area contributed by atoms with Crippen LogP contribution in [0.15, 0.2) is 96.7 Å². The third-order valence-electron chi connectivity index (χ3n) is 11.3. The van der Waals surface area contributed by atoms with E-state index in [-0.39, 0.29) is 30.2 Å². The molecule has 8 rings (SSSR count). The molecule has 1 saturated carbocycles. The number of carbonyl (C=O) groups excluding carboxylic acids is 5. The monoisotopic (exact) mass is 788 g/mol. The first-order valence-electron chi connectivity index (χ1n) is 17.2. The number of allylic oxidation sites excluding steroid dienone is 2. The second-order valence-electron chi connectivity index (χ2n) is 14.1. The quantitative estimate of drug-likeness (QED) is 0.116. The van der Waals surface area contributed by atoms with E-state index < -0.39 is 75.4 Å². The summed E-state index contributed by atoms with van der Waals surface area (Å²) in [4.78, 5) is 75.3. The molecule has 3 fully saturated rings. The van der Waals surface area contributed by atoms with E-state index in [1.54, 1.807) is 36.4 Å². The second-order valence-corrected chi connectivity index (χ2v) is 15.0. The van der Waals surface area contributed by atoms with E-state index in [0.29, 0.717) is 50.2 Å². The van der Waals surface area contributed by atoms with E-state index in [9.17, 15) is 37.5 Å². The number of hydrogen-bond donors (Lipinski definition) is 2. The highest BCUT2D eigenvalue weighted by Gasteiger charge is 2.70. The number of amides is 4. The summed E-state index contributed by atoms with van der Waals surface area (Å²) in [6.45, 7) is 1.40. The Morgan fingerprint density at radius 2 is 1.58 bits per heavy atom. The lowest BCUT2D eigenvalue weighted by Crippen LogP contribution is -2.53. The SMILES string of the molecule is CC(=O)c1ccc(N2C(=O)[C@H]3[C@H](CC=C4[C@H]3C[C@H]3C(=O)N(Nc5ncc(C(F)(F)F)cc5Cl)C(=O)[C@@]3(c3ccc(Cl)cc3)[C@H]4c3ccc(O)cc3)C2=O)cc1. The molecule has 0 spiro atoms. The molecule has 3 heterocycles. The van der Waals surface area contributed by atoms with Crippen molar-refractivity contribution in [3.63, 3.8) is 0 Å². The highest BCUT2D eigenvalue weighted by Crippen LogP contribution is 2.64. The number of phenolic OH excluding ortho intramolecular Hbond substituents is 1. The molecular formula is C40H29Cl2F3N4O6. The van der Waals surface area contributed by atoms with Gasteiger partial charge in [0.05, 0.1) is 39.4 Å². The molecule has 3 aromatic carbocycles. The third kappa shape index (κ3) is 5.62. The molecule has 0 unspecified atom stereocenters. The molecule has 2 aliphatic carbocycles. The van der Waals surface area contributed by atoms with Crippen LogP contribution in [0.25, 0.3) is 0 Å². The molecule has 0 radical (unpaired) electrons. The molecule has 1 aromatic heterocycles. The van der Waals surface area contributed by atoms with Crippen molar-refractivity contribution in [2.24, 2.45) is 23.7 Å². The standard InChI is InChI=1S/C40H29Cl2F3N4O6/c1-19(50)20-2-10-25(11-3-20)48-35(52)28-15-14-27-29(32(28)37(48)54)17-30-36(53)49(47-34-31(42)16-23(18-46-34)40(43,44)45)38(55)39(30,22-6-8-24(41)9-7-22)33(27)21-4-12-26(51)13-5-21/h2-14,16,18,28-30,32-33,51H,15,17H2,1H3,(H,46,47)/t28-,29+,30-,32-,33-,39+/m0/s1. The van der Waals surface area contributed by atoms with Gasteiger partial charge in [0, 0.05) is 22.7 Å². The van der Waals surface area contributed by atoms with Crippen LogP contribution in [0.2, 0.25) is 10.0 Å². The van der Waals surface area contributed by atoms with Gasteiger partial charge in [-0.3, -0.25) is 34.3 Å². The largest absolute Gasteiger partial charge is 0.508 e. The van der Waals surface area contributed by atoms with Crippen LogP contribution in [0.1, 0.15) is 52.7 Å². The van der Waals surface area contributed by atoms with Crippen molar-refractivity contribution in [1.82, 2.24) is 9.99 Å². The molecule has 2 N–H and O–H groups in total. The molecule has 55 heavy (non-hydrogen) atoms. The van der Waals surface area contributed by atoms with Gasteiger partial charge in [0.1, 0.15) is 5.75 Å². The molecule has 2 aliphatic heterocycles. The van der Waals surface area contributed by atoms with Gasteiger partial charge in [0.15, 0.2) is 11.6 Å². The number of anilines is 2. The van der Waals surface area contributed by atoms with Crippen LogP contribution in [0.3, 0.4) is 0 Å². The fraction of sp³-hybridized carbons (Fsp3) is 0.250. The van der Waals surface area contributed by atoms with Crippen molar-refractivity contribution in [1.29, 1.82) is 0 Å². The lowest BCUT2D eigenvalue weighted by molar-refractivity contribution is -0.139. The number of pyridine rings is 1. The summed E-state index contributed by atoms with van der Waals surface area (Å²) in [5, 5.41) is 10.9. The Labute approximate surface area is 321 Å². The Kier molecular flexibility index (Phi) is 8.65. The summed E-state index contributed by atoms with van der Waals surface area (Å²) >= 11 is 12.5. The number of hydrogen-bond acceptors (Lipinski definition) is 8. The Hall–Kier alpha value is -5.53. The second kappa shape index (κ2) is 13.1. The van der Waals surface area contributed by atoms with Crippen LogP contribution in [-0.2, 0) is 30.8 Å². The van der Waals surface area contributed by atoms with Gasteiger partial charge < -0.3 is 5.11 Å². The van der Waals surface area contributed by atoms with Crippen molar-refractivity contribution in [3.05, 3.63) is 129 Å². The first kappa shape index (κ1) is 36.4. The van der Waals surface area contributed by atoms with Crippen LogP contribution < -0.4 is 10.3 Å². The summed E-state index contributed by atoms with van der Waals surface area (Å²) in [5.74, 6) is -7.60. The number of alkyl halides is 3. The summed E-state index contributed by atoms with van der Waals surface area (Å²) in [6.07, 6.45) is -2.28. The molecule has 15 heteroatoms. The smallest absolute Gasteiger partial charge is 0.417 e. The van der Waals surface area contributed by atoms with Gasteiger partial charge in [0.25, 0.3) is 11.8 Å². The minimum absolute atomic E-state index is 0.0583. The van der Waals surface area contributed by atoms with E-state index in [1.807, 2.05) is 6.08 Å². The molecular weight excluding hydrogens is 760 g/mol. The van der Waals surface area contributed by atoms with Crippen LogP contribution in [-0.4, -0.2) is 44.5 Å². The zero-order chi connectivity index (χ0) is 39.1. The Morgan fingerprint density at radius 3 is 2.20 bits per heavy atom. The van der Waals surface area contributed by atoms with Gasteiger partial charge in [-0.2, -0.15) is 18.2 Å². The van der Waals surface area contributed by atoms with E-state index in [1.165, 1.54) is 43.3 Å². The first-order valence-corrected chi connectivity index (χ1v) is 18.0. The van der Waals surface area contributed by atoms with E-state index >= 15 is 4.79 Å². The van der Waals surface area contributed by atoms with Crippen molar-refractivity contribution in [2.45, 2.75) is 37.3 Å². The van der Waals surface area contributed by atoms with Crippen molar-refractivity contribution < 1.29 is 42.3 Å². The van der Waals surface area contributed by atoms with Gasteiger partial charge >= 0.3 is 6.18 Å². The number of ketones is 1. The van der Waals surface area contributed by atoms with Crippen LogP contribution in [0.4, 0.5) is 24.7 Å². The zero-order valence-electron chi connectivity index (χ0n) is 28.7. The summed E-state index contributed by atoms with van der Waals surface area (Å²) in [5.41, 5.74) is 2.01. The number of halogens is 5. The Morgan fingerprint density at radius 1 is 0.909 bits per heavy atom. The number of phenols is 1. The van der Waals surface area contributed by atoms with Gasteiger partial charge in [0.2, 0.25) is 11.8 Å². The van der Waals surface area contributed by atoms with Gasteiger partial charge in [-0.1, -0.05) is 59.1 Å². The molecule has 4 aromatic rings. The number of Topliss-reactive ketones (excluding diaryl/α,β-unsaturated/α-hetero) is 1. The number of aromatic nitrogens is 1. The number of hydrazine groups is 1. The molecule has 6 atom stereocenters. The van der Waals surface area contributed by atoms with Crippen LogP contribution >= 0.6 is 23.2 Å². The lowest BCUT2D eigenvalue weighted by Gasteiger charge is -2.50. The number of nitrogens with zero attached hydrogens (tertiary/aromatic N) is 3. The predicted molar refractivity (Wildman–Crippen MR) is 194 cm³/mol. The molecule has 4 aliphatic rings. The van der Waals surface area contributed by atoms with E-state index in [4.69, 9.17) is 23.2 Å². The maximum atomic E-state index is 15.2. The van der Waals surface area contributed by atoms with Crippen molar-refractivity contribution in [2.75, 3.05) is 10.3 Å². The number of rotatable bonds is 6. The topological polar surface area (TPSA) is 137 Å². The minimum Gasteiger partial charge on any atom is -0.508 e. The average Bonchev–Trinajstić information content (AvgIpc) is 3.53. The average molecular weight is 790 g/mol. The molecule has 0 bridgehead atoms. The minimum atomic E-state index is -4.76. The number of fused-ring (bicyclic) bond motifs is 4. The molecule has 280 valence electrons. The van der Waals surface area contributed by atoms with Crippen molar-refractivity contribution in [3.8, 4) is 5.75 Å². The number of aromatic hydroxyl groups is 1. The van der Waals surface area contributed by atoms with Crippen LogP contribution in [0, 0.1) is 23.7 Å². The maximum Gasteiger partial charge on any atom is 0.417 e. The fourth-order valence-corrected chi connectivity index (χ4v) is 9.26. The zero-order valence-corrected chi connectivity index (χ0v) is 30.2. The number of nitrogens with one attached hydrogen (secondary N) is 1. The van der Waals surface area contributed by atoms with Crippen molar-refractivity contribution >= 4 is 64.1 Å². The lowest BCUT2D eigenvalue weighted by atomic mass is 9.49.